The molecule has 3 rings (SSSR count). The van der Waals surface area contributed by atoms with Crippen molar-refractivity contribution in [2.75, 3.05) is 25.5 Å². The zero-order valence-electron chi connectivity index (χ0n) is 19.1. The molecule has 0 spiro atoms. The van der Waals surface area contributed by atoms with Gasteiger partial charge in [-0.15, -0.1) is 11.6 Å². The zero-order chi connectivity index (χ0) is 23.8. The van der Waals surface area contributed by atoms with E-state index in [4.69, 9.17) is 21.4 Å². The van der Waals surface area contributed by atoms with Crippen LogP contribution >= 0.6 is 11.6 Å². The second-order valence-electron chi connectivity index (χ2n) is 7.67. The maximum absolute atomic E-state index is 12.9. The number of unbranched alkanes of at least 4 members (excludes halogenated alkanes) is 1. The largest absolute Gasteiger partial charge is 0.497 e. The van der Waals surface area contributed by atoms with Gasteiger partial charge in [0, 0.05) is 18.2 Å². The third-order valence-electron chi connectivity index (χ3n) is 5.13. The quantitative estimate of drug-likeness (QED) is 0.436. The first kappa shape index (κ1) is 24.3. The van der Waals surface area contributed by atoms with Crippen LogP contribution in [0.3, 0.4) is 0 Å². The summed E-state index contributed by atoms with van der Waals surface area (Å²) in [6.45, 7) is 4.05. The normalized spacial score (nSPS) is 11.6. The van der Waals surface area contributed by atoms with Crippen LogP contribution in [-0.4, -0.2) is 52.1 Å². The summed E-state index contributed by atoms with van der Waals surface area (Å²) in [6, 6.07) is 18.9. The van der Waals surface area contributed by atoms with Crippen LogP contribution in [0.15, 0.2) is 60.7 Å². The van der Waals surface area contributed by atoms with Gasteiger partial charge in [-0.05, 0) is 37.6 Å². The van der Waals surface area contributed by atoms with Crippen molar-refractivity contribution < 1.29 is 14.3 Å². The molecule has 0 aliphatic heterocycles. The fourth-order valence-electron chi connectivity index (χ4n) is 3.36. The lowest BCUT2D eigenvalue weighted by Crippen LogP contribution is -2.41. The van der Waals surface area contributed by atoms with Crippen LogP contribution in [-0.2, 0) is 9.59 Å². The molecule has 2 amide bonds. The second kappa shape index (κ2) is 11.5. The van der Waals surface area contributed by atoms with Crippen molar-refractivity contribution >= 4 is 29.2 Å². The first-order chi connectivity index (χ1) is 15.9. The van der Waals surface area contributed by atoms with E-state index in [0.717, 1.165) is 35.5 Å². The number of hydrogen-bond donors (Lipinski definition) is 1. The Morgan fingerprint density at radius 1 is 1.15 bits per heavy atom. The van der Waals surface area contributed by atoms with Gasteiger partial charge in [-0.2, -0.15) is 5.10 Å². The van der Waals surface area contributed by atoms with Gasteiger partial charge < -0.3 is 15.0 Å². The standard InChI is InChI=1S/C25H29ClN4O3/c1-4-5-15-29(25(32)18(2)26)17-24(31)27-23-16-22(19-9-7-6-8-10-19)28-30(23)20-11-13-21(33-3)14-12-20/h6-14,16,18H,4-5,15,17H2,1-3H3,(H,27,31). The molecule has 1 unspecified atom stereocenters. The summed E-state index contributed by atoms with van der Waals surface area (Å²) in [5.74, 6) is 0.658. The van der Waals surface area contributed by atoms with Crippen molar-refractivity contribution in [3.63, 3.8) is 0 Å². The SMILES string of the molecule is CCCCN(CC(=O)Nc1cc(-c2ccccc2)nn1-c1ccc(OC)cc1)C(=O)C(C)Cl. The molecule has 1 atom stereocenters. The molecular weight excluding hydrogens is 440 g/mol. The molecule has 1 N–H and O–H groups in total. The minimum Gasteiger partial charge on any atom is -0.497 e. The Morgan fingerprint density at radius 2 is 1.85 bits per heavy atom. The molecule has 0 fully saturated rings. The molecule has 0 bridgehead atoms. The average molecular weight is 469 g/mol. The van der Waals surface area contributed by atoms with Crippen LogP contribution in [0.1, 0.15) is 26.7 Å². The van der Waals surface area contributed by atoms with E-state index in [1.807, 2.05) is 67.6 Å². The Labute approximate surface area is 199 Å². The first-order valence-corrected chi connectivity index (χ1v) is 11.4. The molecule has 0 saturated heterocycles. The fraction of sp³-hybridized carbons (Fsp3) is 0.320. The number of ether oxygens (including phenoxy) is 1. The molecule has 0 aliphatic rings. The van der Waals surface area contributed by atoms with E-state index in [9.17, 15) is 9.59 Å². The molecule has 3 aromatic rings. The number of methoxy groups -OCH3 is 1. The third-order valence-corrected chi connectivity index (χ3v) is 5.32. The number of halogens is 1. The van der Waals surface area contributed by atoms with Crippen molar-refractivity contribution in [3.8, 4) is 22.7 Å². The molecule has 1 heterocycles. The number of alkyl halides is 1. The third kappa shape index (κ3) is 6.35. The topological polar surface area (TPSA) is 76.5 Å². The van der Waals surface area contributed by atoms with Gasteiger partial charge in [0.15, 0.2) is 0 Å². The molecule has 0 radical (unpaired) electrons. The summed E-state index contributed by atoms with van der Waals surface area (Å²) in [4.78, 5) is 26.9. The summed E-state index contributed by atoms with van der Waals surface area (Å²) in [6.07, 6.45) is 1.71. The number of aromatic nitrogens is 2. The summed E-state index contributed by atoms with van der Waals surface area (Å²) >= 11 is 6.00. The van der Waals surface area contributed by atoms with Gasteiger partial charge in [0.05, 0.1) is 25.0 Å². The molecule has 1 aromatic heterocycles. The van der Waals surface area contributed by atoms with Gasteiger partial charge in [0.25, 0.3) is 0 Å². The highest BCUT2D eigenvalue weighted by Gasteiger charge is 2.22. The van der Waals surface area contributed by atoms with Crippen LogP contribution in [0.25, 0.3) is 16.9 Å². The van der Waals surface area contributed by atoms with Crippen molar-refractivity contribution in [2.24, 2.45) is 0 Å². The maximum Gasteiger partial charge on any atom is 0.245 e. The smallest absolute Gasteiger partial charge is 0.245 e. The summed E-state index contributed by atoms with van der Waals surface area (Å²) in [5.41, 5.74) is 2.41. The first-order valence-electron chi connectivity index (χ1n) is 11.0. The van der Waals surface area contributed by atoms with E-state index in [2.05, 4.69) is 5.32 Å². The number of carbonyl (C=O) groups is 2. The van der Waals surface area contributed by atoms with Gasteiger partial charge in [-0.1, -0.05) is 43.7 Å². The zero-order valence-corrected chi connectivity index (χ0v) is 19.9. The second-order valence-corrected chi connectivity index (χ2v) is 8.32. The Hall–Kier alpha value is -3.32. The molecule has 8 heteroatoms. The number of benzene rings is 2. The Balaban J connectivity index is 1.88. The lowest BCUT2D eigenvalue weighted by molar-refractivity contribution is -0.134. The maximum atomic E-state index is 12.9. The van der Waals surface area contributed by atoms with E-state index >= 15 is 0 Å². The lowest BCUT2D eigenvalue weighted by atomic mass is 10.1. The van der Waals surface area contributed by atoms with Gasteiger partial charge in [0.1, 0.15) is 16.9 Å². The van der Waals surface area contributed by atoms with Crippen LogP contribution in [0.2, 0.25) is 0 Å². The number of amides is 2. The number of anilines is 1. The highest BCUT2D eigenvalue weighted by atomic mass is 35.5. The van der Waals surface area contributed by atoms with Crippen LogP contribution in [0.4, 0.5) is 5.82 Å². The minimum absolute atomic E-state index is 0.0790. The monoisotopic (exact) mass is 468 g/mol. The molecule has 0 aliphatic carbocycles. The van der Waals surface area contributed by atoms with Crippen LogP contribution < -0.4 is 10.1 Å². The van der Waals surface area contributed by atoms with Gasteiger partial charge in [-0.3, -0.25) is 9.59 Å². The fourth-order valence-corrected chi connectivity index (χ4v) is 3.50. The van der Waals surface area contributed by atoms with E-state index in [1.54, 1.807) is 18.7 Å². The Morgan fingerprint density at radius 3 is 2.45 bits per heavy atom. The van der Waals surface area contributed by atoms with Crippen molar-refractivity contribution in [1.29, 1.82) is 0 Å². The number of nitrogens with zero attached hydrogens (tertiary/aromatic N) is 3. The lowest BCUT2D eigenvalue weighted by Gasteiger charge is -2.23. The number of hydrogen-bond acceptors (Lipinski definition) is 4. The minimum atomic E-state index is -0.691. The van der Waals surface area contributed by atoms with Gasteiger partial charge in [0.2, 0.25) is 11.8 Å². The predicted molar refractivity (Wildman–Crippen MR) is 131 cm³/mol. The number of carbonyl (C=O) groups excluding carboxylic acids is 2. The highest BCUT2D eigenvalue weighted by molar-refractivity contribution is 6.30. The highest BCUT2D eigenvalue weighted by Crippen LogP contribution is 2.26. The Kier molecular flexibility index (Phi) is 8.49. The molecule has 174 valence electrons. The molecule has 2 aromatic carbocycles. The molecule has 33 heavy (non-hydrogen) atoms. The summed E-state index contributed by atoms with van der Waals surface area (Å²) in [5, 5.41) is 6.94. The van der Waals surface area contributed by atoms with E-state index in [-0.39, 0.29) is 18.4 Å². The summed E-state index contributed by atoms with van der Waals surface area (Å²) in [7, 11) is 1.61. The molecule has 7 nitrogen and oxygen atoms in total. The van der Waals surface area contributed by atoms with Gasteiger partial charge in [-0.25, -0.2) is 4.68 Å². The van der Waals surface area contributed by atoms with Crippen LogP contribution in [0.5, 0.6) is 5.75 Å². The van der Waals surface area contributed by atoms with Gasteiger partial charge >= 0.3 is 0 Å². The Bertz CT molecular complexity index is 1070. The van der Waals surface area contributed by atoms with E-state index in [0.29, 0.717) is 12.4 Å². The average Bonchev–Trinajstić information content (AvgIpc) is 3.25. The molecule has 0 saturated carbocycles. The van der Waals surface area contributed by atoms with E-state index in [1.165, 1.54) is 4.90 Å². The summed E-state index contributed by atoms with van der Waals surface area (Å²) < 4.78 is 6.91. The van der Waals surface area contributed by atoms with E-state index < -0.39 is 5.38 Å². The number of nitrogens with one attached hydrogen (secondary N) is 1. The van der Waals surface area contributed by atoms with Crippen molar-refractivity contribution in [2.45, 2.75) is 32.1 Å². The molecular formula is C25H29ClN4O3. The van der Waals surface area contributed by atoms with Crippen LogP contribution in [0, 0.1) is 0 Å². The van der Waals surface area contributed by atoms with Crippen molar-refractivity contribution in [3.05, 3.63) is 60.7 Å². The van der Waals surface area contributed by atoms with Crippen molar-refractivity contribution in [1.82, 2.24) is 14.7 Å². The number of rotatable bonds is 10. The predicted octanol–water partition coefficient (Wildman–Crippen LogP) is 4.74.